The van der Waals surface area contributed by atoms with E-state index in [0.717, 1.165) is 24.9 Å². The number of hydrogen-bond acceptors (Lipinski definition) is 3. The van der Waals surface area contributed by atoms with Crippen LogP contribution in [-0.4, -0.2) is 32.5 Å². The molecule has 1 aromatic rings. The van der Waals surface area contributed by atoms with Crippen LogP contribution in [0, 0.1) is 11.7 Å². The minimum absolute atomic E-state index is 0.126. The second-order valence-electron chi connectivity index (χ2n) is 5.71. The predicted molar refractivity (Wildman–Crippen MR) is 84.0 cm³/mol. The van der Waals surface area contributed by atoms with Crippen molar-refractivity contribution in [3.8, 4) is 0 Å². The van der Waals surface area contributed by atoms with Crippen LogP contribution in [-0.2, 0) is 16.3 Å². The van der Waals surface area contributed by atoms with Gasteiger partial charge in [-0.25, -0.2) is 12.8 Å². The molecule has 2 unspecified atom stereocenters. The molecule has 3 nitrogen and oxygen atoms in total. The van der Waals surface area contributed by atoms with Crippen LogP contribution in [0.1, 0.15) is 25.3 Å². The third-order valence-corrected chi connectivity index (χ3v) is 6.05. The summed E-state index contributed by atoms with van der Waals surface area (Å²) >= 11 is 5.69. The summed E-state index contributed by atoms with van der Waals surface area (Å²) in [5, 5.41) is 3.49. The topological polar surface area (TPSA) is 46.2 Å². The van der Waals surface area contributed by atoms with Crippen LogP contribution in [0.15, 0.2) is 18.2 Å². The molecule has 0 spiro atoms. The van der Waals surface area contributed by atoms with Gasteiger partial charge in [0.05, 0.1) is 16.5 Å². The maximum Gasteiger partial charge on any atom is 0.150 e. The van der Waals surface area contributed by atoms with Gasteiger partial charge in [0, 0.05) is 6.04 Å². The summed E-state index contributed by atoms with van der Waals surface area (Å²) in [7, 11) is -2.85. The highest BCUT2D eigenvalue weighted by Gasteiger charge is 2.29. The van der Waals surface area contributed by atoms with Gasteiger partial charge in [-0.2, -0.15) is 0 Å². The van der Waals surface area contributed by atoms with Crippen molar-refractivity contribution in [2.24, 2.45) is 5.92 Å². The van der Waals surface area contributed by atoms with Gasteiger partial charge < -0.3 is 5.32 Å². The fourth-order valence-electron chi connectivity index (χ4n) is 2.94. The van der Waals surface area contributed by atoms with E-state index in [1.165, 1.54) is 6.07 Å². The summed E-state index contributed by atoms with van der Waals surface area (Å²) in [6, 6.07) is 5.00. The molecule has 21 heavy (non-hydrogen) atoms. The summed E-state index contributed by atoms with van der Waals surface area (Å²) in [5.74, 6) is 0.375. The number of halogens is 2. The van der Waals surface area contributed by atoms with Crippen molar-refractivity contribution in [3.63, 3.8) is 0 Å². The fourth-order valence-corrected chi connectivity index (χ4v) is 4.94. The van der Waals surface area contributed by atoms with Crippen LogP contribution >= 0.6 is 11.6 Å². The molecule has 1 saturated heterocycles. The van der Waals surface area contributed by atoms with E-state index >= 15 is 0 Å². The Balaban J connectivity index is 2.00. The molecule has 2 rings (SSSR count). The maximum absolute atomic E-state index is 13.5. The molecule has 1 heterocycles. The predicted octanol–water partition coefficient (Wildman–Crippen LogP) is 2.82. The monoisotopic (exact) mass is 333 g/mol. The van der Waals surface area contributed by atoms with E-state index in [4.69, 9.17) is 11.6 Å². The SMILES string of the molecule is CCNC(Cc1ccc(Cl)c(F)c1)CC1CCS(=O)(=O)C1. The smallest absolute Gasteiger partial charge is 0.150 e. The molecule has 1 N–H and O–H groups in total. The zero-order chi connectivity index (χ0) is 15.5. The highest BCUT2D eigenvalue weighted by molar-refractivity contribution is 7.91. The Morgan fingerprint density at radius 3 is 2.81 bits per heavy atom. The number of likely N-dealkylation sites (N-methyl/N-ethyl adjacent to an activating group) is 1. The quantitative estimate of drug-likeness (QED) is 0.870. The van der Waals surface area contributed by atoms with Crippen molar-refractivity contribution >= 4 is 21.4 Å². The van der Waals surface area contributed by atoms with Gasteiger partial charge in [0.2, 0.25) is 0 Å². The van der Waals surface area contributed by atoms with E-state index < -0.39 is 15.7 Å². The van der Waals surface area contributed by atoms with Crippen molar-refractivity contribution in [2.75, 3.05) is 18.1 Å². The lowest BCUT2D eigenvalue weighted by molar-refractivity contribution is 0.409. The Bertz CT molecular complexity index is 591. The molecular weight excluding hydrogens is 313 g/mol. The lowest BCUT2D eigenvalue weighted by Crippen LogP contribution is -2.33. The molecule has 0 saturated carbocycles. The molecule has 0 aliphatic carbocycles. The summed E-state index contributed by atoms with van der Waals surface area (Å²) in [6.07, 6.45) is 2.22. The van der Waals surface area contributed by atoms with Crippen LogP contribution in [0.5, 0.6) is 0 Å². The van der Waals surface area contributed by atoms with Gasteiger partial charge in [-0.3, -0.25) is 0 Å². The fraction of sp³-hybridized carbons (Fsp3) is 0.600. The average Bonchev–Trinajstić information content (AvgIpc) is 2.73. The molecule has 0 bridgehead atoms. The molecule has 118 valence electrons. The molecular formula is C15H21ClFNO2S. The summed E-state index contributed by atoms with van der Waals surface area (Å²) in [5.41, 5.74) is 0.878. The minimum atomic E-state index is -2.85. The zero-order valence-electron chi connectivity index (χ0n) is 12.1. The van der Waals surface area contributed by atoms with Gasteiger partial charge in [-0.05, 0) is 49.4 Å². The Morgan fingerprint density at radius 1 is 1.48 bits per heavy atom. The number of rotatable bonds is 6. The molecule has 0 aromatic heterocycles. The summed E-state index contributed by atoms with van der Waals surface area (Å²) in [6.45, 7) is 2.82. The van der Waals surface area contributed by atoms with Crippen molar-refractivity contribution < 1.29 is 12.8 Å². The standard InChI is InChI=1S/C15H21ClFNO2S/c1-2-18-13(8-12-5-6-21(19,20)10-12)7-11-3-4-14(16)15(17)9-11/h3-4,9,12-13,18H,2,5-8,10H2,1H3. The van der Waals surface area contributed by atoms with Crippen molar-refractivity contribution in [1.29, 1.82) is 0 Å². The van der Waals surface area contributed by atoms with Crippen LogP contribution < -0.4 is 5.32 Å². The Kier molecular flexibility index (Phi) is 5.63. The number of sulfone groups is 1. The van der Waals surface area contributed by atoms with E-state index in [2.05, 4.69) is 5.32 Å². The van der Waals surface area contributed by atoms with Crippen molar-refractivity contribution in [1.82, 2.24) is 5.32 Å². The third kappa shape index (κ3) is 4.94. The molecule has 1 aliphatic rings. The maximum atomic E-state index is 13.5. The first kappa shape index (κ1) is 16.7. The first-order valence-corrected chi connectivity index (χ1v) is 9.47. The highest BCUT2D eigenvalue weighted by atomic mass is 35.5. The highest BCUT2D eigenvalue weighted by Crippen LogP contribution is 2.24. The van der Waals surface area contributed by atoms with E-state index in [9.17, 15) is 12.8 Å². The Morgan fingerprint density at radius 2 is 2.24 bits per heavy atom. The van der Waals surface area contributed by atoms with Crippen LogP contribution in [0.3, 0.4) is 0 Å². The normalized spacial score (nSPS) is 22.3. The Labute approximate surface area is 130 Å². The second kappa shape index (κ2) is 7.07. The minimum Gasteiger partial charge on any atom is -0.314 e. The largest absolute Gasteiger partial charge is 0.314 e. The summed E-state index contributed by atoms with van der Waals surface area (Å²) in [4.78, 5) is 0. The number of hydrogen-bond donors (Lipinski definition) is 1. The lowest BCUT2D eigenvalue weighted by Gasteiger charge is -2.21. The van der Waals surface area contributed by atoms with Gasteiger partial charge in [-0.15, -0.1) is 0 Å². The van der Waals surface area contributed by atoms with Gasteiger partial charge in [0.15, 0.2) is 9.84 Å². The first-order chi connectivity index (χ1) is 9.89. The number of benzene rings is 1. The summed E-state index contributed by atoms with van der Waals surface area (Å²) < 4.78 is 36.6. The molecule has 1 fully saturated rings. The van der Waals surface area contributed by atoms with Crippen LogP contribution in [0.4, 0.5) is 4.39 Å². The van der Waals surface area contributed by atoms with Crippen LogP contribution in [0.25, 0.3) is 0 Å². The molecule has 2 atom stereocenters. The van der Waals surface area contributed by atoms with Gasteiger partial charge in [0.1, 0.15) is 5.82 Å². The third-order valence-electron chi connectivity index (χ3n) is 3.90. The second-order valence-corrected chi connectivity index (χ2v) is 8.35. The van der Waals surface area contributed by atoms with E-state index in [0.29, 0.717) is 12.2 Å². The van der Waals surface area contributed by atoms with E-state index in [-0.39, 0.29) is 22.7 Å². The van der Waals surface area contributed by atoms with Gasteiger partial charge >= 0.3 is 0 Å². The lowest BCUT2D eigenvalue weighted by atomic mass is 9.94. The first-order valence-electron chi connectivity index (χ1n) is 7.27. The molecule has 1 aliphatic heterocycles. The Hall–Kier alpha value is -0.650. The van der Waals surface area contributed by atoms with E-state index in [1.54, 1.807) is 6.07 Å². The molecule has 0 radical (unpaired) electrons. The zero-order valence-corrected chi connectivity index (χ0v) is 13.7. The number of nitrogens with one attached hydrogen (secondary N) is 1. The average molecular weight is 334 g/mol. The van der Waals surface area contributed by atoms with Crippen LogP contribution in [0.2, 0.25) is 5.02 Å². The van der Waals surface area contributed by atoms with E-state index in [1.807, 2.05) is 13.0 Å². The molecule has 0 amide bonds. The van der Waals surface area contributed by atoms with Gasteiger partial charge in [0.25, 0.3) is 0 Å². The molecule has 6 heteroatoms. The van der Waals surface area contributed by atoms with Crippen molar-refractivity contribution in [2.45, 2.75) is 32.2 Å². The van der Waals surface area contributed by atoms with Crippen molar-refractivity contribution in [3.05, 3.63) is 34.6 Å². The molecule has 1 aromatic carbocycles. The van der Waals surface area contributed by atoms with Gasteiger partial charge in [-0.1, -0.05) is 24.6 Å².